The maximum absolute atomic E-state index is 12.7. The lowest BCUT2D eigenvalue weighted by Gasteiger charge is -2.17. The Morgan fingerprint density at radius 1 is 1.28 bits per heavy atom. The minimum atomic E-state index is -0.320. The highest BCUT2D eigenvalue weighted by Crippen LogP contribution is 2.25. The second-order valence-corrected chi connectivity index (χ2v) is 7.25. The molecule has 2 rings (SSSR count). The molecule has 0 spiro atoms. The fourth-order valence-electron chi connectivity index (χ4n) is 2.60. The fraction of sp³-hybridized carbons (Fsp3) is 0.421. The molecule has 5 nitrogen and oxygen atoms in total. The highest BCUT2D eigenvalue weighted by Gasteiger charge is 2.20. The number of nitrogens with one attached hydrogen (secondary N) is 2. The predicted octanol–water partition coefficient (Wildman–Crippen LogP) is 3.85. The Hall–Kier alpha value is -2.08. The van der Waals surface area contributed by atoms with Gasteiger partial charge in [0.2, 0.25) is 5.91 Å². The van der Waals surface area contributed by atoms with Gasteiger partial charge in [-0.3, -0.25) is 9.59 Å². The van der Waals surface area contributed by atoms with Crippen LogP contribution in [-0.2, 0) is 11.2 Å². The largest absolute Gasteiger partial charge is 0.325 e. The first-order chi connectivity index (χ1) is 11.9. The summed E-state index contributed by atoms with van der Waals surface area (Å²) in [6.45, 7) is 7.95. The van der Waals surface area contributed by atoms with Gasteiger partial charge in [0.25, 0.3) is 5.56 Å². The van der Waals surface area contributed by atoms with Crippen LogP contribution in [-0.4, -0.2) is 21.1 Å². The molecule has 25 heavy (non-hydrogen) atoms. The number of anilines is 1. The molecule has 0 fully saturated rings. The van der Waals surface area contributed by atoms with Gasteiger partial charge in [0.05, 0.1) is 5.25 Å². The standard InChI is InChI=1S/C19H25N3O2S/c1-5-8-14-11-16(23)21-19(20-14)25-15(6-2)18(24)22-17-12(3)9-7-10-13(17)4/h7,9-11,15H,5-6,8H2,1-4H3,(H,22,24)(H,20,21,23). The highest BCUT2D eigenvalue weighted by molar-refractivity contribution is 8.00. The Balaban J connectivity index is 2.17. The van der Waals surface area contributed by atoms with Gasteiger partial charge in [-0.2, -0.15) is 0 Å². The second kappa shape index (κ2) is 8.85. The van der Waals surface area contributed by atoms with Crippen LogP contribution >= 0.6 is 11.8 Å². The first-order valence-electron chi connectivity index (χ1n) is 8.58. The molecule has 1 atom stereocenters. The van der Waals surface area contributed by atoms with Crippen LogP contribution < -0.4 is 10.9 Å². The lowest BCUT2D eigenvalue weighted by atomic mass is 10.1. The second-order valence-electron chi connectivity index (χ2n) is 6.06. The van der Waals surface area contributed by atoms with Crippen molar-refractivity contribution in [2.75, 3.05) is 5.32 Å². The third kappa shape index (κ3) is 5.19. The minimum Gasteiger partial charge on any atom is -0.325 e. The van der Waals surface area contributed by atoms with Crippen LogP contribution in [0.4, 0.5) is 5.69 Å². The first-order valence-corrected chi connectivity index (χ1v) is 9.46. The lowest BCUT2D eigenvalue weighted by molar-refractivity contribution is -0.115. The van der Waals surface area contributed by atoms with Gasteiger partial charge in [-0.25, -0.2) is 4.98 Å². The van der Waals surface area contributed by atoms with E-state index < -0.39 is 0 Å². The highest BCUT2D eigenvalue weighted by atomic mass is 32.2. The van der Waals surface area contributed by atoms with Crippen LogP contribution in [0.3, 0.4) is 0 Å². The minimum absolute atomic E-state index is 0.0755. The number of para-hydroxylation sites is 1. The predicted molar refractivity (Wildman–Crippen MR) is 103 cm³/mol. The first kappa shape index (κ1) is 19.2. The zero-order chi connectivity index (χ0) is 18.4. The summed E-state index contributed by atoms with van der Waals surface area (Å²) in [4.78, 5) is 31.7. The van der Waals surface area contributed by atoms with Crippen LogP contribution in [0.2, 0.25) is 0 Å². The van der Waals surface area contributed by atoms with E-state index in [4.69, 9.17) is 0 Å². The number of amides is 1. The molecule has 2 aromatic rings. The number of carbonyl (C=O) groups excluding carboxylic acids is 1. The third-order valence-electron chi connectivity index (χ3n) is 3.93. The quantitative estimate of drug-likeness (QED) is 0.582. The normalized spacial score (nSPS) is 12.0. The number of hydrogen-bond acceptors (Lipinski definition) is 4. The van der Waals surface area contributed by atoms with E-state index >= 15 is 0 Å². The molecule has 1 aromatic carbocycles. The summed E-state index contributed by atoms with van der Waals surface area (Å²) in [5, 5.41) is 3.20. The van der Waals surface area contributed by atoms with Crippen LogP contribution in [0.25, 0.3) is 0 Å². The van der Waals surface area contributed by atoms with Gasteiger partial charge in [-0.1, -0.05) is 50.2 Å². The maximum atomic E-state index is 12.7. The molecular weight excluding hydrogens is 334 g/mol. The van der Waals surface area contributed by atoms with Crippen molar-refractivity contribution in [1.82, 2.24) is 9.97 Å². The van der Waals surface area contributed by atoms with Crippen LogP contribution in [0.5, 0.6) is 0 Å². The number of benzene rings is 1. The molecule has 1 aromatic heterocycles. The molecule has 1 unspecified atom stereocenters. The van der Waals surface area contributed by atoms with E-state index in [2.05, 4.69) is 15.3 Å². The number of rotatable bonds is 7. The monoisotopic (exact) mass is 359 g/mol. The van der Waals surface area contributed by atoms with E-state index in [-0.39, 0.29) is 16.7 Å². The van der Waals surface area contributed by atoms with Gasteiger partial charge in [-0.15, -0.1) is 0 Å². The molecule has 1 amide bonds. The van der Waals surface area contributed by atoms with E-state index in [1.165, 1.54) is 17.8 Å². The Bertz CT molecular complexity index is 781. The SMILES string of the molecule is CCCc1cc(=O)[nH]c(SC(CC)C(=O)Nc2c(C)cccc2C)n1. The van der Waals surface area contributed by atoms with Crippen molar-refractivity contribution in [3.8, 4) is 0 Å². The van der Waals surface area contributed by atoms with Crippen LogP contribution in [0.15, 0.2) is 34.2 Å². The van der Waals surface area contributed by atoms with Crippen molar-refractivity contribution >= 4 is 23.4 Å². The van der Waals surface area contributed by atoms with Crippen molar-refractivity contribution in [3.05, 3.63) is 51.4 Å². The zero-order valence-electron chi connectivity index (χ0n) is 15.2. The molecule has 0 aliphatic rings. The number of H-pyrrole nitrogens is 1. The van der Waals surface area contributed by atoms with Crippen molar-refractivity contribution in [3.63, 3.8) is 0 Å². The molecule has 2 N–H and O–H groups in total. The molecule has 0 radical (unpaired) electrons. The number of aryl methyl sites for hydroxylation is 3. The molecule has 0 aliphatic heterocycles. The smallest absolute Gasteiger partial charge is 0.251 e. The number of aromatic amines is 1. The summed E-state index contributed by atoms with van der Waals surface area (Å²) >= 11 is 1.30. The van der Waals surface area contributed by atoms with E-state index in [1.807, 2.05) is 45.9 Å². The van der Waals surface area contributed by atoms with Crippen molar-refractivity contribution < 1.29 is 4.79 Å². The van der Waals surface area contributed by atoms with Crippen LogP contribution in [0, 0.1) is 13.8 Å². The molecule has 0 saturated carbocycles. The molecule has 0 bridgehead atoms. The average Bonchev–Trinajstić information content (AvgIpc) is 2.55. The number of hydrogen-bond donors (Lipinski definition) is 2. The molecular formula is C19H25N3O2S. The topological polar surface area (TPSA) is 74.8 Å². The Kier molecular flexibility index (Phi) is 6.82. The third-order valence-corrected chi connectivity index (χ3v) is 5.17. The van der Waals surface area contributed by atoms with Crippen molar-refractivity contribution in [2.24, 2.45) is 0 Å². The summed E-state index contributed by atoms with van der Waals surface area (Å²) in [5.41, 5.74) is 3.51. The zero-order valence-corrected chi connectivity index (χ0v) is 16.0. The van der Waals surface area contributed by atoms with Gasteiger partial charge in [0, 0.05) is 17.4 Å². The number of carbonyl (C=O) groups is 1. The summed E-state index contributed by atoms with van der Waals surface area (Å²) in [5.74, 6) is -0.0755. The van der Waals surface area contributed by atoms with Gasteiger partial charge in [0.1, 0.15) is 0 Å². The van der Waals surface area contributed by atoms with E-state index in [9.17, 15) is 9.59 Å². The lowest BCUT2D eigenvalue weighted by Crippen LogP contribution is -2.26. The molecule has 0 aliphatic carbocycles. The fourth-order valence-corrected chi connectivity index (χ4v) is 3.53. The number of nitrogens with zero attached hydrogens (tertiary/aromatic N) is 1. The van der Waals surface area contributed by atoms with Crippen molar-refractivity contribution in [2.45, 2.75) is 57.4 Å². The number of aromatic nitrogens is 2. The molecule has 134 valence electrons. The summed E-state index contributed by atoms with van der Waals surface area (Å²) in [6, 6.07) is 7.44. The van der Waals surface area contributed by atoms with Gasteiger partial charge >= 0.3 is 0 Å². The van der Waals surface area contributed by atoms with Gasteiger partial charge in [0.15, 0.2) is 5.16 Å². The summed E-state index contributed by atoms with van der Waals surface area (Å²) < 4.78 is 0. The molecule has 6 heteroatoms. The van der Waals surface area contributed by atoms with Gasteiger partial charge in [-0.05, 0) is 37.8 Å². The Labute approximate surface area is 152 Å². The molecule has 0 saturated heterocycles. The van der Waals surface area contributed by atoms with E-state index in [0.29, 0.717) is 11.6 Å². The van der Waals surface area contributed by atoms with E-state index in [1.54, 1.807) is 0 Å². The summed E-state index contributed by atoms with van der Waals surface area (Å²) in [6.07, 6.45) is 2.32. The Morgan fingerprint density at radius 2 is 1.96 bits per heavy atom. The maximum Gasteiger partial charge on any atom is 0.251 e. The van der Waals surface area contributed by atoms with Crippen LogP contribution in [0.1, 0.15) is 43.5 Å². The number of thioether (sulfide) groups is 1. The van der Waals surface area contributed by atoms with Gasteiger partial charge < -0.3 is 10.3 Å². The summed E-state index contributed by atoms with van der Waals surface area (Å²) in [7, 11) is 0. The Morgan fingerprint density at radius 3 is 2.56 bits per heavy atom. The molecule has 1 heterocycles. The van der Waals surface area contributed by atoms with E-state index in [0.717, 1.165) is 35.3 Å². The average molecular weight is 359 g/mol. The van der Waals surface area contributed by atoms with Crippen molar-refractivity contribution in [1.29, 1.82) is 0 Å².